The van der Waals surface area contributed by atoms with Gasteiger partial charge in [0, 0.05) is 10.0 Å². The second kappa shape index (κ2) is 10.7. The summed E-state index contributed by atoms with van der Waals surface area (Å²) in [5.74, 6) is -0.350. The molecule has 1 aliphatic rings. The summed E-state index contributed by atoms with van der Waals surface area (Å²) in [7, 11) is 0. The quantitative estimate of drug-likeness (QED) is 0.155. The Morgan fingerprint density at radius 3 is 2.44 bits per heavy atom. The molecule has 3 aromatic rings. The third kappa shape index (κ3) is 5.09. The van der Waals surface area contributed by atoms with Crippen LogP contribution in [-0.2, 0) is 16.1 Å². The van der Waals surface area contributed by atoms with Crippen LogP contribution in [0.5, 0.6) is 5.75 Å². The Bertz CT molecular complexity index is 1170. The normalized spacial score (nSPS) is 17.4. The molecular weight excluding hydrogens is 498 g/mol. The van der Waals surface area contributed by atoms with E-state index in [-0.39, 0.29) is 17.9 Å². The minimum atomic E-state index is -0.761. The number of rotatable bonds is 9. The standard InChI is InChI=1S/C27H26BrNO5/c1-2-3-4-15-33-21-13-9-18(10-14-21)24-23(25(30)19-7-11-20(28)12-8-19)26(31)27(32)29(24)17-22-6-5-16-34-22/h5-14,16,24,30H,2-4,15,17H2,1H3/b25-23+. The molecule has 0 saturated carbocycles. The second-order valence-corrected chi connectivity index (χ2v) is 9.05. The summed E-state index contributed by atoms with van der Waals surface area (Å²) in [6.07, 6.45) is 4.73. The fraction of sp³-hybridized carbons (Fsp3) is 0.259. The topological polar surface area (TPSA) is 80.0 Å². The van der Waals surface area contributed by atoms with Crippen molar-refractivity contribution in [2.45, 2.75) is 38.8 Å². The van der Waals surface area contributed by atoms with Gasteiger partial charge in [0.05, 0.1) is 31.0 Å². The number of amides is 1. The number of halogens is 1. The average molecular weight is 524 g/mol. The maximum Gasteiger partial charge on any atom is 0.296 e. The van der Waals surface area contributed by atoms with Gasteiger partial charge in [0.1, 0.15) is 17.3 Å². The zero-order valence-electron chi connectivity index (χ0n) is 18.9. The van der Waals surface area contributed by atoms with Gasteiger partial charge in [0.2, 0.25) is 0 Å². The molecule has 0 aliphatic carbocycles. The molecule has 6 nitrogen and oxygen atoms in total. The van der Waals surface area contributed by atoms with E-state index < -0.39 is 17.7 Å². The molecule has 1 atom stereocenters. The number of nitrogens with zero attached hydrogens (tertiary/aromatic N) is 1. The third-order valence-corrected chi connectivity index (χ3v) is 6.31. The molecule has 1 unspecified atom stereocenters. The third-order valence-electron chi connectivity index (χ3n) is 5.78. The summed E-state index contributed by atoms with van der Waals surface area (Å²) < 4.78 is 12.1. The van der Waals surface area contributed by atoms with E-state index in [1.54, 1.807) is 36.4 Å². The summed E-state index contributed by atoms with van der Waals surface area (Å²) in [5, 5.41) is 11.1. The highest BCUT2D eigenvalue weighted by molar-refractivity contribution is 9.10. The molecule has 0 radical (unpaired) electrons. The van der Waals surface area contributed by atoms with Crippen LogP contribution in [0.3, 0.4) is 0 Å². The van der Waals surface area contributed by atoms with Gasteiger partial charge in [-0.05, 0) is 48.4 Å². The molecule has 7 heteroatoms. The minimum absolute atomic E-state index is 0.0514. The number of aliphatic hydroxyl groups is 1. The van der Waals surface area contributed by atoms with Gasteiger partial charge in [-0.1, -0.05) is 60.0 Å². The van der Waals surface area contributed by atoms with Crippen LogP contribution in [0.25, 0.3) is 5.76 Å². The monoisotopic (exact) mass is 523 g/mol. The Morgan fingerprint density at radius 1 is 1.06 bits per heavy atom. The van der Waals surface area contributed by atoms with Crippen molar-refractivity contribution in [3.63, 3.8) is 0 Å². The maximum absolute atomic E-state index is 13.1. The van der Waals surface area contributed by atoms with Crippen molar-refractivity contribution in [2.24, 2.45) is 0 Å². The number of likely N-dealkylation sites (tertiary alicyclic amines) is 1. The molecule has 1 N–H and O–H groups in total. The summed E-state index contributed by atoms with van der Waals surface area (Å²) in [6.45, 7) is 2.88. The molecule has 4 rings (SSSR count). The SMILES string of the molecule is CCCCCOc1ccc(C2/C(=C(\O)c3ccc(Br)cc3)C(=O)C(=O)N2Cc2ccco2)cc1. The molecule has 0 bridgehead atoms. The number of carbonyl (C=O) groups excluding carboxylic acids is 2. The Kier molecular flexibility index (Phi) is 7.53. The highest BCUT2D eigenvalue weighted by Gasteiger charge is 2.46. The van der Waals surface area contributed by atoms with Gasteiger partial charge in [-0.3, -0.25) is 9.59 Å². The van der Waals surface area contributed by atoms with Crippen molar-refractivity contribution in [3.05, 3.63) is 93.9 Å². The van der Waals surface area contributed by atoms with Crippen molar-refractivity contribution in [3.8, 4) is 5.75 Å². The summed E-state index contributed by atoms with van der Waals surface area (Å²) in [6, 6.07) is 17.0. The molecule has 2 aromatic carbocycles. The Morgan fingerprint density at radius 2 is 1.79 bits per heavy atom. The van der Waals surface area contributed by atoms with Crippen LogP contribution in [-0.4, -0.2) is 28.3 Å². The lowest BCUT2D eigenvalue weighted by Gasteiger charge is -2.24. The van der Waals surface area contributed by atoms with Gasteiger partial charge in [0.15, 0.2) is 0 Å². The van der Waals surface area contributed by atoms with E-state index in [1.807, 2.05) is 24.3 Å². The Hall–Kier alpha value is -3.32. The van der Waals surface area contributed by atoms with E-state index in [4.69, 9.17) is 9.15 Å². The number of unbranched alkanes of at least 4 members (excludes halogenated alkanes) is 2. The average Bonchev–Trinajstić information content (AvgIpc) is 3.45. The molecule has 1 fully saturated rings. The second-order valence-electron chi connectivity index (χ2n) is 8.14. The van der Waals surface area contributed by atoms with Crippen LogP contribution < -0.4 is 4.74 Å². The van der Waals surface area contributed by atoms with Crippen LogP contribution >= 0.6 is 15.9 Å². The van der Waals surface area contributed by atoms with Crippen molar-refractivity contribution in [1.29, 1.82) is 0 Å². The zero-order valence-corrected chi connectivity index (χ0v) is 20.5. The van der Waals surface area contributed by atoms with Crippen LogP contribution in [0, 0.1) is 0 Å². The first kappa shape index (κ1) is 23.8. The summed E-state index contributed by atoms with van der Waals surface area (Å²) in [4.78, 5) is 27.6. The fourth-order valence-electron chi connectivity index (χ4n) is 4.01. The molecule has 1 aliphatic heterocycles. The minimum Gasteiger partial charge on any atom is -0.507 e. The molecule has 0 spiro atoms. The Labute approximate surface area is 207 Å². The van der Waals surface area contributed by atoms with Crippen LogP contribution in [0.4, 0.5) is 0 Å². The summed E-state index contributed by atoms with van der Waals surface area (Å²) in [5.41, 5.74) is 1.21. The lowest BCUT2D eigenvalue weighted by Crippen LogP contribution is -2.29. The number of hydrogen-bond donors (Lipinski definition) is 1. The van der Waals surface area contributed by atoms with Crippen LogP contribution in [0.2, 0.25) is 0 Å². The van der Waals surface area contributed by atoms with Gasteiger partial charge >= 0.3 is 0 Å². The molecular formula is C27H26BrNO5. The molecule has 1 amide bonds. The van der Waals surface area contributed by atoms with Gasteiger partial charge in [-0.25, -0.2) is 0 Å². The first-order valence-corrected chi connectivity index (χ1v) is 12.1. The van der Waals surface area contributed by atoms with E-state index in [0.29, 0.717) is 23.5 Å². The van der Waals surface area contributed by atoms with Crippen molar-refractivity contribution >= 4 is 33.4 Å². The highest BCUT2D eigenvalue weighted by Crippen LogP contribution is 2.40. The number of benzene rings is 2. The van der Waals surface area contributed by atoms with Crippen molar-refractivity contribution < 1.29 is 23.8 Å². The van der Waals surface area contributed by atoms with Crippen molar-refractivity contribution in [1.82, 2.24) is 4.90 Å². The number of aliphatic hydroxyl groups excluding tert-OH is 1. The van der Waals surface area contributed by atoms with Gasteiger partial charge in [0.25, 0.3) is 11.7 Å². The molecule has 1 saturated heterocycles. The fourth-order valence-corrected chi connectivity index (χ4v) is 4.28. The van der Waals surface area contributed by atoms with Gasteiger partial charge in [-0.15, -0.1) is 0 Å². The smallest absolute Gasteiger partial charge is 0.296 e. The van der Waals surface area contributed by atoms with E-state index >= 15 is 0 Å². The van der Waals surface area contributed by atoms with E-state index in [1.165, 1.54) is 11.2 Å². The predicted octanol–water partition coefficient (Wildman–Crippen LogP) is 6.23. The Balaban J connectivity index is 1.71. The first-order valence-electron chi connectivity index (χ1n) is 11.3. The van der Waals surface area contributed by atoms with Crippen molar-refractivity contribution in [2.75, 3.05) is 6.61 Å². The molecule has 34 heavy (non-hydrogen) atoms. The van der Waals surface area contributed by atoms with Crippen LogP contribution in [0.1, 0.15) is 49.1 Å². The zero-order chi connectivity index (χ0) is 24.1. The van der Waals surface area contributed by atoms with Gasteiger partial charge < -0.3 is 19.2 Å². The molecule has 2 heterocycles. The lowest BCUT2D eigenvalue weighted by atomic mass is 9.95. The predicted molar refractivity (Wildman–Crippen MR) is 132 cm³/mol. The number of ether oxygens (including phenoxy) is 1. The van der Waals surface area contributed by atoms with Crippen LogP contribution in [0.15, 0.2) is 81.4 Å². The molecule has 176 valence electrons. The summed E-state index contributed by atoms with van der Waals surface area (Å²) >= 11 is 3.37. The number of hydrogen-bond acceptors (Lipinski definition) is 5. The number of carbonyl (C=O) groups is 2. The van der Waals surface area contributed by atoms with E-state index in [0.717, 1.165) is 29.5 Å². The lowest BCUT2D eigenvalue weighted by molar-refractivity contribution is -0.140. The highest BCUT2D eigenvalue weighted by atomic mass is 79.9. The largest absolute Gasteiger partial charge is 0.507 e. The number of Topliss-reactive ketones (excluding diaryl/α,β-unsaturated/α-hetero) is 1. The maximum atomic E-state index is 13.1. The molecule has 1 aromatic heterocycles. The van der Waals surface area contributed by atoms with E-state index in [9.17, 15) is 14.7 Å². The van der Waals surface area contributed by atoms with E-state index in [2.05, 4.69) is 22.9 Å². The number of ketones is 1. The number of furan rings is 1. The van der Waals surface area contributed by atoms with Gasteiger partial charge in [-0.2, -0.15) is 0 Å². The first-order chi connectivity index (χ1) is 16.5.